The lowest BCUT2D eigenvalue weighted by Crippen LogP contribution is -2.29. The Morgan fingerprint density at radius 2 is 2.38 bits per heavy atom. The van der Waals surface area contributed by atoms with Gasteiger partial charge in [-0.05, 0) is 42.7 Å². The van der Waals surface area contributed by atoms with E-state index in [1.165, 1.54) is 24.2 Å². The number of thiophene rings is 1. The fourth-order valence-corrected chi connectivity index (χ4v) is 2.61. The maximum Gasteiger partial charge on any atom is 0.0931 e. The van der Waals surface area contributed by atoms with Gasteiger partial charge in [0.2, 0.25) is 0 Å². The van der Waals surface area contributed by atoms with Crippen molar-refractivity contribution in [1.82, 2.24) is 0 Å². The lowest BCUT2D eigenvalue weighted by Gasteiger charge is -2.22. The molecule has 0 spiro atoms. The van der Waals surface area contributed by atoms with Crippen molar-refractivity contribution in [3.8, 4) is 0 Å². The van der Waals surface area contributed by atoms with Crippen LogP contribution in [0.15, 0.2) is 11.4 Å². The van der Waals surface area contributed by atoms with Crippen molar-refractivity contribution in [2.24, 2.45) is 5.92 Å². The normalized spacial score (nSPS) is 21.5. The van der Waals surface area contributed by atoms with E-state index in [2.05, 4.69) is 0 Å². The minimum Gasteiger partial charge on any atom is -0.390 e. The Hall–Kier alpha value is -0.0500. The van der Waals surface area contributed by atoms with Gasteiger partial charge >= 0.3 is 0 Å². The largest absolute Gasteiger partial charge is 0.390 e. The van der Waals surface area contributed by atoms with E-state index in [0.717, 1.165) is 16.3 Å². The number of aliphatic hydroxyl groups is 1. The molecule has 1 saturated carbocycles. The average Bonchev–Trinajstić information content (AvgIpc) is 2.78. The molecular weight excluding hydrogens is 204 g/mol. The highest BCUT2D eigenvalue weighted by atomic mass is 35.5. The first-order valence-corrected chi connectivity index (χ1v) is 5.79. The lowest BCUT2D eigenvalue weighted by atomic mass is 9.93. The van der Waals surface area contributed by atoms with E-state index in [9.17, 15) is 5.11 Å². The topological polar surface area (TPSA) is 20.2 Å². The molecule has 0 aliphatic heterocycles. The molecule has 0 aromatic carbocycles. The molecule has 1 aromatic rings. The van der Waals surface area contributed by atoms with Crippen molar-refractivity contribution in [2.75, 3.05) is 0 Å². The van der Waals surface area contributed by atoms with Crippen molar-refractivity contribution in [1.29, 1.82) is 0 Å². The fraction of sp³-hybridized carbons (Fsp3) is 0.600. The molecular formula is C10H13ClOS. The van der Waals surface area contributed by atoms with Crippen LogP contribution < -0.4 is 0 Å². The highest BCUT2D eigenvalue weighted by molar-refractivity contribution is 7.14. The van der Waals surface area contributed by atoms with Crippen LogP contribution in [0.2, 0.25) is 4.34 Å². The maximum atomic E-state index is 10.1. The first kappa shape index (κ1) is 9.50. The summed E-state index contributed by atoms with van der Waals surface area (Å²) < 4.78 is 0.807. The van der Waals surface area contributed by atoms with Crippen LogP contribution in [0.4, 0.5) is 0 Å². The molecule has 3 heteroatoms. The molecule has 1 aliphatic rings. The molecule has 1 heterocycles. The summed E-state index contributed by atoms with van der Waals surface area (Å²) in [6.07, 6.45) is 3.08. The third kappa shape index (κ3) is 2.25. The number of halogens is 1. The Morgan fingerprint density at radius 1 is 1.69 bits per heavy atom. The number of hydrogen-bond donors (Lipinski definition) is 1. The van der Waals surface area contributed by atoms with Gasteiger partial charge in [0.25, 0.3) is 0 Å². The second-order valence-corrected chi connectivity index (χ2v) is 5.61. The van der Waals surface area contributed by atoms with Crippen LogP contribution in [0.5, 0.6) is 0 Å². The van der Waals surface area contributed by atoms with Crippen molar-refractivity contribution in [3.05, 3.63) is 21.3 Å². The zero-order valence-electron chi connectivity index (χ0n) is 7.59. The van der Waals surface area contributed by atoms with Crippen molar-refractivity contribution in [2.45, 2.75) is 31.8 Å². The van der Waals surface area contributed by atoms with E-state index < -0.39 is 5.60 Å². The summed E-state index contributed by atoms with van der Waals surface area (Å²) >= 11 is 7.35. The third-order valence-corrected chi connectivity index (χ3v) is 3.78. The fourth-order valence-electron chi connectivity index (χ4n) is 1.70. The van der Waals surface area contributed by atoms with Gasteiger partial charge in [0.15, 0.2) is 0 Å². The first-order chi connectivity index (χ1) is 6.08. The average molecular weight is 217 g/mol. The SMILES string of the molecule is CC(O)(Cc1csc(Cl)c1)C1CC1. The minimum atomic E-state index is -0.523. The standard InChI is InChI=1S/C10H13ClOS/c1-10(12,8-2-3-8)5-7-4-9(11)13-6-7/h4,6,8,12H,2-3,5H2,1H3. The quantitative estimate of drug-likeness (QED) is 0.824. The molecule has 0 bridgehead atoms. The molecule has 13 heavy (non-hydrogen) atoms. The highest BCUT2D eigenvalue weighted by Gasteiger charge is 2.39. The van der Waals surface area contributed by atoms with Gasteiger partial charge in [-0.2, -0.15) is 0 Å². The van der Waals surface area contributed by atoms with Crippen molar-refractivity contribution in [3.63, 3.8) is 0 Å². The smallest absolute Gasteiger partial charge is 0.0931 e. The Balaban J connectivity index is 2.04. The van der Waals surface area contributed by atoms with Gasteiger partial charge in [0.1, 0.15) is 0 Å². The minimum absolute atomic E-state index is 0.506. The van der Waals surface area contributed by atoms with Crippen LogP contribution >= 0.6 is 22.9 Å². The monoisotopic (exact) mass is 216 g/mol. The molecule has 0 amide bonds. The van der Waals surface area contributed by atoms with E-state index in [1.807, 2.05) is 18.4 Å². The molecule has 0 saturated heterocycles. The molecule has 1 N–H and O–H groups in total. The zero-order chi connectivity index (χ0) is 9.47. The van der Waals surface area contributed by atoms with Crippen LogP contribution in [0.1, 0.15) is 25.3 Å². The Labute approximate surface area is 87.4 Å². The summed E-state index contributed by atoms with van der Waals surface area (Å²) in [5, 5.41) is 12.1. The van der Waals surface area contributed by atoms with E-state index >= 15 is 0 Å². The number of rotatable bonds is 3. The summed E-state index contributed by atoms with van der Waals surface area (Å²) in [5.41, 5.74) is 0.636. The first-order valence-electron chi connectivity index (χ1n) is 4.53. The molecule has 1 unspecified atom stereocenters. The van der Waals surface area contributed by atoms with E-state index in [4.69, 9.17) is 11.6 Å². The van der Waals surface area contributed by atoms with Crippen LogP contribution in [-0.2, 0) is 6.42 Å². The lowest BCUT2D eigenvalue weighted by molar-refractivity contribution is 0.0373. The molecule has 1 atom stereocenters. The van der Waals surface area contributed by atoms with Gasteiger partial charge < -0.3 is 5.11 Å². The summed E-state index contributed by atoms with van der Waals surface area (Å²) in [7, 11) is 0. The van der Waals surface area contributed by atoms with Gasteiger partial charge in [-0.1, -0.05) is 11.6 Å². The Bertz CT molecular complexity index is 302. The summed E-state index contributed by atoms with van der Waals surface area (Å²) in [6, 6.07) is 1.95. The summed E-state index contributed by atoms with van der Waals surface area (Å²) in [5.74, 6) is 0.506. The van der Waals surface area contributed by atoms with Crippen LogP contribution in [0, 0.1) is 5.92 Å². The summed E-state index contributed by atoms with van der Waals surface area (Å²) in [6.45, 7) is 1.93. The molecule has 1 nitrogen and oxygen atoms in total. The van der Waals surface area contributed by atoms with Gasteiger partial charge in [0.05, 0.1) is 9.94 Å². The van der Waals surface area contributed by atoms with Crippen LogP contribution in [0.25, 0.3) is 0 Å². The third-order valence-electron chi connectivity index (χ3n) is 2.64. The van der Waals surface area contributed by atoms with Crippen LogP contribution in [-0.4, -0.2) is 10.7 Å². The predicted octanol–water partition coefficient (Wildman–Crippen LogP) is 3.11. The molecule has 1 fully saturated rings. The van der Waals surface area contributed by atoms with Crippen molar-refractivity contribution < 1.29 is 5.11 Å². The van der Waals surface area contributed by atoms with E-state index in [-0.39, 0.29) is 0 Å². The van der Waals surface area contributed by atoms with Gasteiger partial charge in [0, 0.05) is 6.42 Å². The summed E-state index contributed by atoms with van der Waals surface area (Å²) in [4.78, 5) is 0. The molecule has 1 aromatic heterocycles. The van der Waals surface area contributed by atoms with Gasteiger partial charge in [-0.15, -0.1) is 11.3 Å². The molecule has 2 rings (SSSR count). The van der Waals surface area contributed by atoms with Crippen LogP contribution in [0.3, 0.4) is 0 Å². The van der Waals surface area contributed by atoms with Gasteiger partial charge in [-0.25, -0.2) is 0 Å². The number of hydrogen-bond acceptors (Lipinski definition) is 2. The Kier molecular flexibility index (Phi) is 2.39. The van der Waals surface area contributed by atoms with E-state index in [0.29, 0.717) is 5.92 Å². The van der Waals surface area contributed by atoms with Gasteiger partial charge in [-0.3, -0.25) is 0 Å². The van der Waals surface area contributed by atoms with Crippen molar-refractivity contribution >= 4 is 22.9 Å². The zero-order valence-corrected chi connectivity index (χ0v) is 9.16. The second-order valence-electron chi connectivity index (χ2n) is 4.07. The maximum absolute atomic E-state index is 10.1. The molecule has 0 radical (unpaired) electrons. The van der Waals surface area contributed by atoms with E-state index in [1.54, 1.807) is 0 Å². The predicted molar refractivity (Wildman–Crippen MR) is 56.4 cm³/mol. The second kappa shape index (κ2) is 3.26. The molecule has 72 valence electrons. The molecule has 1 aliphatic carbocycles. The Morgan fingerprint density at radius 3 is 2.85 bits per heavy atom. The highest BCUT2D eigenvalue weighted by Crippen LogP contribution is 2.41.